The van der Waals surface area contributed by atoms with Crippen LogP contribution in [-0.4, -0.2) is 55.6 Å². The van der Waals surface area contributed by atoms with Crippen molar-refractivity contribution in [1.82, 2.24) is 30.1 Å². The molecule has 2 N–H and O–H groups in total. The lowest BCUT2D eigenvalue weighted by molar-refractivity contribution is 0.0874. The van der Waals surface area contributed by atoms with Gasteiger partial charge in [-0.2, -0.15) is 5.10 Å². The number of hydrogen-bond donors (Lipinski definition) is 2. The maximum Gasteiger partial charge on any atom is 0.256 e. The quantitative estimate of drug-likeness (QED) is 0.798. The smallest absolute Gasteiger partial charge is 0.256 e. The van der Waals surface area contributed by atoms with Crippen LogP contribution in [0.3, 0.4) is 0 Å². The summed E-state index contributed by atoms with van der Waals surface area (Å²) in [5, 5.41) is 11.2. The zero-order valence-corrected chi connectivity index (χ0v) is 18.0. The molecule has 7 heteroatoms. The molecule has 1 fully saturated rings. The van der Waals surface area contributed by atoms with E-state index in [0.29, 0.717) is 11.2 Å². The molecule has 1 aliphatic heterocycles. The van der Waals surface area contributed by atoms with Crippen LogP contribution in [0.1, 0.15) is 70.3 Å². The summed E-state index contributed by atoms with van der Waals surface area (Å²) in [6, 6.07) is 0.121. The van der Waals surface area contributed by atoms with E-state index in [1.807, 2.05) is 12.4 Å². The van der Waals surface area contributed by atoms with Gasteiger partial charge < -0.3 is 10.6 Å². The molecule has 28 heavy (non-hydrogen) atoms. The standard InChI is InChI=1S/C21H34N6O/c1-7-26(8-2)13-15-11-22-18-17(12-23-27(18)14-15)19(28)24-16-9-20(3,4)25-21(5,6)10-16/h11-12,14,16,25H,7-10,13H2,1-6H3,(H,24,28). The normalized spacial score (nSPS) is 19.2. The minimum atomic E-state index is -0.0995. The van der Waals surface area contributed by atoms with Crippen molar-refractivity contribution in [3.05, 3.63) is 29.7 Å². The molecule has 1 saturated heterocycles. The third kappa shape index (κ3) is 4.70. The number of amides is 1. The van der Waals surface area contributed by atoms with E-state index in [0.717, 1.165) is 38.0 Å². The van der Waals surface area contributed by atoms with Crippen LogP contribution in [0.2, 0.25) is 0 Å². The van der Waals surface area contributed by atoms with Crippen LogP contribution < -0.4 is 10.6 Å². The van der Waals surface area contributed by atoms with Crippen LogP contribution in [-0.2, 0) is 6.54 Å². The Kier molecular flexibility index (Phi) is 5.77. The lowest BCUT2D eigenvalue weighted by Gasteiger charge is -2.46. The Labute approximate surface area is 167 Å². The van der Waals surface area contributed by atoms with Gasteiger partial charge in [-0.15, -0.1) is 0 Å². The van der Waals surface area contributed by atoms with Crippen molar-refractivity contribution in [3.8, 4) is 0 Å². The van der Waals surface area contributed by atoms with E-state index in [1.165, 1.54) is 0 Å². The summed E-state index contributed by atoms with van der Waals surface area (Å²) in [6.45, 7) is 15.8. The molecule has 2 aromatic rings. The first-order valence-electron chi connectivity index (χ1n) is 10.3. The zero-order valence-electron chi connectivity index (χ0n) is 18.0. The van der Waals surface area contributed by atoms with E-state index < -0.39 is 0 Å². The molecule has 3 heterocycles. The predicted octanol–water partition coefficient (Wildman–Crippen LogP) is 2.61. The molecule has 154 valence electrons. The van der Waals surface area contributed by atoms with Crippen molar-refractivity contribution in [2.45, 2.75) is 78.0 Å². The third-order valence-electron chi connectivity index (χ3n) is 5.48. The number of hydrogen-bond acceptors (Lipinski definition) is 5. The Bertz CT molecular complexity index is 821. The largest absolute Gasteiger partial charge is 0.349 e. The molecule has 0 atom stereocenters. The van der Waals surface area contributed by atoms with Gasteiger partial charge in [0.25, 0.3) is 5.91 Å². The Morgan fingerprint density at radius 3 is 2.46 bits per heavy atom. The van der Waals surface area contributed by atoms with Crippen molar-refractivity contribution in [3.63, 3.8) is 0 Å². The fourth-order valence-electron chi connectivity index (χ4n) is 4.55. The third-order valence-corrected chi connectivity index (χ3v) is 5.48. The van der Waals surface area contributed by atoms with Gasteiger partial charge in [0.2, 0.25) is 0 Å². The predicted molar refractivity (Wildman–Crippen MR) is 111 cm³/mol. The number of nitrogens with zero attached hydrogens (tertiary/aromatic N) is 4. The Hall–Kier alpha value is -1.99. The van der Waals surface area contributed by atoms with E-state index in [4.69, 9.17) is 0 Å². The molecule has 1 amide bonds. The lowest BCUT2D eigenvalue weighted by Crippen LogP contribution is -2.62. The first-order chi connectivity index (χ1) is 13.1. The van der Waals surface area contributed by atoms with Crippen LogP contribution in [0.25, 0.3) is 5.65 Å². The van der Waals surface area contributed by atoms with Gasteiger partial charge in [-0.3, -0.25) is 9.69 Å². The summed E-state index contributed by atoms with van der Waals surface area (Å²) < 4.78 is 1.71. The van der Waals surface area contributed by atoms with Gasteiger partial charge in [0, 0.05) is 41.6 Å². The second kappa shape index (κ2) is 7.79. The van der Waals surface area contributed by atoms with Gasteiger partial charge in [-0.25, -0.2) is 9.50 Å². The number of aromatic nitrogens is 3. The van der Waals surface area contributed by atoms with Crippen molar-refractivity contribution >= 4 is 11.6 Å². The van der Waals surface area contributed by atoms with Crippen LogP contribution in [0.4, 0.5) is 0 Å². The minimum absolute atomic E-state index is 0.0155. The second-order valence-corrected chi connectivity index (χ2v) is 9.22. The van der Waals surface area contributed by atoms with Crippen LogP contribution >= 0.6 is 0 Å². The Morgan fingerprint density at radius 1 is 1.21 bits per heavy atom. The van der Waals surface area contributed by atoms with Crippen LogP contribution in [0, 0.1) is 0 Å². The van der Waals surface area contributed by atoms with E-state index in [9.17, 15) is 4.79 Å². The number of carbonyl (C=O) groups is 1. The average Bonchev–Trinajstić information content (AvgIpc) is 3.00. The highest BCUT2D eigenvalue weighted by atomic mass is 16.1. The van der Waals surface area contributed by atoms with Crippen molar-refractivity contribution in [1.29, 1.82) is 0 Å². The van der Waals surface area contributed by atoms with Crippen molar-refractivity contribution < 1.29 is 4.79 Å². The van der Waals surface area contributed by atoms with Crippen molar-refractivity contribution in [2.75, 3.05) is 13.1 Å². The summed E-state index contributed by atoms with van der Waals surface area (Å²) in [5.41, 5.74) is 2.20. The molecule has 0 spiro atoms. The fraction of sp³-hybridized carbons (Fsp3) is 0.667. The molecule has 1 aliphatic rings. The summed E-state index contributed by atoms with van der Waals surface area (Å²) in [6.07, 6.45) is 7.22. The molecule has 0 aliphatic carbocycles. The van der Waals surface area contributed by atoms with E-state index in [1.54, 1.807) is 10.7 Å². The highest BCUT2D eigenvalue weighted by molar-refractivity contribution is 5.99. The van der Waals surface area contributed by atoms with Gasteiger partial charge in [0.05, 0.1) is 6.20 Å². The Morgan fingerprint density at radius 2 is 1.86 bits per heavy atom. The number of nitrogens with one attached hydrogen (secondary N) is 2. The van der Waals surface area contributed by atoms with Gasteiger partial charge in [0.1, 0.15) is 5.56 Å². The summed E-state index contributed by atoms with van der Waals surface area (Å²) >= 11 is 0. The van der Waals surface area contributed by atoms with E-state index in [-0.39, 0.29) is 23.0 Å². The average molecular weight is 387 g/mol. The molecule has 2 aromatic heterocycles. The summed E-state index contributed by atoms with van der Waals surface area (Å²) in [4.78, 5) is 19.8. The second-order valence-electron chi connectivity index (χ2n) is 9.22. The van der Waals surface area contributed by atoms with Gasteiger partial charge >= 0.3 is 0 Å². The van der Waals surface area contributed by atoms with Gasteiger partial charge in [-0.1, -0.05) is 13.8 Å². The molecule has 0 saturated carbocycles. The summed E-state index contributed by atoms with van der Waals surface area (Å²) in [7, 11) is 0. The minimum Gasteiger partial charge on any atom is -0.349 e. The number of rotatable bonds is 6. The van der Waals surface area contributed by atoms with Gasteiger partial charge in [-0.05, 0) is 53.6 Å². The summed E-state index contributed by atoms with van der Waals surface area (Å²) in [5.74, 6) is -0.0995. The molecule has 0 unspecified atom stereocenters. The molecule has 3 rings (SSSR count). The SMILES string of the molecule is CCN(CC)Cc1cnc2c(C(=O)NC3CC(C)(C)NC(C)(C)C3)cnn2c1. The number of piperidine rings is 1. The topological polar surface area (TPSA) is 74.6 Å². The highest BCUT2D eigenvalue weighted by Gasteiger charge is 2.38. The first kappa shape index (κ1) is 20.7. The van der Waals surface area contributed by atoms with E-state index in [2.05, 4.69) is 67.2 Å². The van der Waals surface area contributed by atoms with Crippen LogP contribution in [0.15, 0.2) is 18.6 Å². The maximum absolute atomic E-state index is 12.9. The molecular weight excluding hydrogens is 352 g/mol. The maximum atomic E-state index is 12.9. The van der Waals surface area contributed by atoms with E-state index >= 15 is 0 Å². The molecule has 0 bridgehead atoms. The highest BCUT2D eigenvalue weighted by Crippen LogP contribution is 2.28. The Balaban J connectivity index is 1.75. The number of carbonyl (C=O) groups excluding carboxylic acids is 1. The lowest BCUT2D eigenvalue weighted by atomic mass is 9.79. The van der Waals surface area contributed by atoms with Gasteiger partial charge in [0.15, 0.2) is 5.65 Å². The molecule has 7 nitrogen and oxygen atoms in total. The zero-order chi connectivity index (χ0) is 20.5. The molecular formula is C21H34N6O. The number of fused-ring (bicyclic) bond motifs is 1. The fourth-order valence-corrected chi connectivity index (χ4v) is 4.55. The van der Waals surface area contributed by atoms with Crippen molar-refractivity contribution in [2.24, 2.45) is 0 Å². The molecule has 0 radical (unpaired) electrons. The molecule has 0 aromatic carbocycles. The monoisotopic (exact) mass is 386 g/mol. The van der Waals surface area contributed by atoms with Crippen LogP contribution in [0.5, 0.6) is 0 Å². The first-order valence-corrected chi connectivity index (χ1v) is 10.3.